The Balaban J connectivity index is 2.20. The first-order valence-corrected chi connectivity index (χ1v) is 6.88. The van der Waals surface area contributed by atoms with Gasteiger partial charge >= 0.3 is 6.09 Å². The summed E-state index contributed by atoms with van der Waals surface area (Å²) in [7, 11) is 0. The van der Waals surface area contributed by atoms with E-state index in [-0.39, 0.29) is 11.3 Å². The lowest BCUT2D eigenvalue weighted by Gasteiger charge is -2.41. The largest absolute Gasteiger partial charge is 0.444 e. The van der Waals surface area contributed by atoms with E-state index in [9.17, 15) is 15.0 Å². The lowest BCUT2D eigenvalue weighted by Crippen LogP contribution is -2.61. The molecule has 2 rings (SSSR count). The number of carbonyl (C=O) groups is 1. The van der Waals surface area contributed by atoms with Crippen LogP contribution in [0.15, 0.2) is 0 Å². The first-order chi connectivity index (χ1) is 8.51. The Hall–Kier alpha value is -0.810. The minimum atomic E-state index is -0.936. The van der Waals surface area contributed by atoms with Gasteiger partial charge in [0.25, 0.3) is 0 Å². The molecule has 0 aromatic rings. The summed E-state index contributed by atoms with van der Waals surface area (Å²) in [6, 6.07) is 0. The molecule has 2 fully saturated rings. The van der Waals surface area contributed by atoms with Gasteiger partial charge < -0.3 is 20.3 Å². The van der Waals surface area contributed by atoms with E-state index in [1.165, 1.54) is 0 Å². The fraction of sp³-hybridized carbons (Fsp3) is 0.929. The Morgan fingerprint density at radius 1 is 1.32 bits per heavy atom. The molecule has 19 heavy (non-hydrogen) atoms. The third-order valence-corrected chi connectivity index (χ3v) is 4.89. The highest BCUT2D eigenvalue weighted by Crippen LogP contribution is 2.60. The van der Waals surface area contributed by atoms with Crippen molar-refractivity contribution in [3.05, 3.63) is 0 Å². The summed E-state index contributed by atoms with van der Waals surface area (Å²) in [5.74, 6) is 0.0115. The molecule has 4 atom stereocenters. The summed E-state index contributed by atoms with van der Waals surface area (Å²) in [5, 5.41) is 23.2. The average molecular weight is 271 g/mol. The smallest absolute Gasteiger partial charge is 0.408 e. The summed E-state index contributed by atoms with van der Waals surface area (Å²) in [4.78, 5) is 12.0. The van der Waals surface area contributed by atoms with Crippen molar-refractivity contribution in [2.75, 3.05) is 0 Å². The predicted molar refractivity (Wildman–Crippen MR) is 70.6 cm³/mol. The summed E-state index contributed by atoms with van der Waals surface area (Å²) >= 11 is 0. The number of aliphatic hydroxyl groups is 2. The Morgan fingerprint density at radius 3 is 2.32 bits per heavy atom. The molecule has 0 aromatic carbocycles. The van der Waals surface area contributed by atoms with E-state index in [1.807, 2.05) is 13.8 Å². The van der Waals surface area contributed by atoms with Gasteiger partial charge in [-0.25, -0.2) is 4.79 Å². The van der Waals surface area contributed by atoms with Crippen molar-refractivity contribution in [1.82, 2.24) is 5.32 Å². The number of alkyl carbamates (subject to hydrolysis) is 1. The molecule has 0 saturated heterocycles. The van der Waals surface area contributed by atoms with E-state index < -0.39 is 29.4 Å². The second-order valence-corrected chi connectivity index (χ2v) is 7.40. The van der Waals surface area contributed by atoms with Gasteiger partial charge in [-0.15, -0.1) is 0 Å². The maximum atomic E-state index is 12.0. The number of hydrogen-bond acceptors (Lipinski definition) is 4. The van der Waals surface area contributed by atoms with Crippen molar-refractivity contribution < 1.29 is 19.7 Å². The van der Waals surface area contributed by atoms with E-state index in [1.54, 1.807) is 20.8 Å². The Labute approximate surface area is 114 Å². The van der Waals surface area contributed by atoms with Gasteiger partial charge in [0.2, 0.25) is 0 Å². The van der Waals surface area contributed by atoms with Crippen molar-refractivity contribution in [1.29, 1.82) is 0 Å². The first-order valence-electron chi connectivity index (χ1n) is 6.88. The Bertz CT molecular complexity index is 387. The van der Waals surface area contributed by atoms with Gasteiger partial charge in [0.15, 0.2) is 0 Å². The van der Waals surface area contributed by atoms with Gasteiger partial charge in [-0.05, 0) is 44.9 Å². The molecule has 1 amide bonds. The number of rotatable bonds is 1. The predicted octanol–water partition coefficient (Wildman–Crippen LogP) is 1.42. The molecule has 0 aromatic heterocycles. The fourth-order valence-corrected chi connectivity index (χ4v) is 3.82. The third kappa shape index (κ3) is 2.03. The highest BCUT2D eigenvalue weighted by molar-refractivity contribution is 5.69. The number of hydrogen-bond donors (Lipinski definition) is 3. The first kappa shape index (κ1) is 14.6. The van der Waals surface area contributed by atoms with Crippen LogP contribution in [0.5, 0.6) is 0 Å². The maximum absolute atomic E-state index is 12.0. The summed E-state index contributed by atoms with van der Waals surface area (Å²) in [5.41, 5.74) is -1.72. The topological polar surface area (TPSA) is 78.8 Å². The molecular weight excluding hydrogens is 246 g/mol. The van der Waals surface area contributed by atoms with Gasteiger partial charge in [0.1, 0.15) is 11.7 Å². The summed E-state index contributed by atoms with van der Waals surface area (Å²) in [6.45, 7) is 9.37. The Morgan fingerprint density at radius 2 is 1.89 bits per heavy atom. The van der Waals surface area contributed by atoms with Gasteiger partial charge in [0, 0.05) is 0 Å². The van der Waals surface area contributed by atoms with E-state index in [2.05, 4.69) is 5.32 Å². The number of aliphatic hydroxyl groups excluding tert-OH is 2. The number of nitrogens with one attached hydrogen (secondary N) is 1. The number of amides is 1. The lowest BCUT2D eigenvalue weighted by molar-refractivity contribution is -0.0392. The van der Waals surface area contributed by atoms with Gasteiger partial charge in [0.05, 0.1) is 11.6 Å². The van der Waals surface area contributed by atoms with Crippen LogP contribution in [-0.4, -0.2) is 39.7 Å². The quantitative estimate of drug-likeness (QED) is 0.674. The zero-order valence-electron chi connectivity index (χ0n) is 12.4. The molecule has 0 aliphatic heterocycles. The van der Waals surface area contributed by atoms with Gasteiger partial charge in [-0.1, -0.05) is 13.8 Å². The van der Waals surface area contributed by atoms with Crippen molar-refractivity contribution in [3.8, 4) is 0 Å². The average Bonchev–Trinajstić information content (AvgIpc) is 2.51. The number of fused-ring (bicyclic) bond motifs is 2. The van der Waals surface area contributed by atoms with Crippen molar-refractivity contribution in [3.63, 3.8) is 0 Å². The summed E-state index contributed by atoms with van der Waals surface area (Å²) < 4.78 is 5.28. The second kappa shape index (κ2) is 4.09. The molecule has 110 valence electrons. The van der Waals surface area contributed by atoms with E-state index in [0.717, 1.165) is 6.42 Å². The fourth-order valence-electron chi connectivity index (χ4n) is 3.82. The Kier molecular flexibility index (Phi) is 3.14. The maximum Gasteiger partial charge on any atom is 0.408 e. The van der Waals surface area contributed by atoms with Crippen molar-refractivity contribution in [2.45, 2.75) is 70.8 Å². The molecule has 0 heterocycles. The monoisotopic (exact) mass is 271 g/mol. The van der Waals surface area contributed by atoms with Crippen LogP contribution in [0, 0.1) is 11.3 Å². The van der Waals surface area contributed by atoms with Crippen molar-refractivity contribution in [2.24, 2.45) is 11.3 Å². The molecule has 2 bridgehead atoms. The minimum Gasteiger partial charge on any atom is -0.444 e. The SMILES string of the molecule is CC(C)(C)OC(=O)N[C@@]12CC[C@H]([C@@H](O)[C@@H]1O)C2(C)C. The second-order valence-electron chi connectivity index (χ2n) is 7.40. The van der Waals surface area contributed by atoms with Gasteiger partial charge in [-0.3, -0.25) is 0 Å². The van der Waals surface area contributed by atoms with Crippen LogP contribution in [0.3, 0.4) is 0 Å². The zero-order valence-corrected chi connectivity index (χ0v) is 12.4. The van der Waals surface area contributed by atoms with Crippen LogP contribution in [0.1, 0.15) is 47.5 Å². The molecule has 2 aliphatic carbocycles. The molecular formula is C14H25NO4. The van der Waals surface area contributed by atoms with E-state index in [0.29, 0.717) is 6.42 Å². The molecule has 5 nitrogen and oxygen atoms in total. The normalized spacial score (nSPS) is 40.3. The van der Waals surface area contributed by atoms with Gasteiger partial charge in [-0.2, -0.15) is 0 Å². The molecule has 5 heteroatoms. The highest BCUT2D eigenvalue weighted by Gasteiger charge is 2.69. The highest BCUT2D eigenvalue weighted by atomic mass is 16.6. The van der Waals surface area contributed by atoms with Crippen LogP contribution in [0.25, 0.3) is 0 Å². The molecule has 2 aliphatic rings. The van der Waals surface area contributed by atoms with Crippen LogP contribution in [0.2, 0.25) is 0 Å². The van der Waals surface area contributed by atoms with Crippen LogP contribution >= 0.6 is 0 Å². The standard InChI is InChI=1S/C14H25NO4/c1-12(2,3)19-11(18)15-14-7-6-8(13(14,4)5)9(16)10(14)17/h8-10,16-17H,6-7H2,1-5H3,(H,15,18)/t8-,9-,10+,14+/m1/s1. The van der Waals surface area contributed by atoms with Crippen LogP contribution < -0.4 is 5.32 Å². The third-order valence-electron chi connectivity index (χ3n) is 4.89. The lowest BCUT2D eigenvalue weighted by atomic mass is 9.75. The molecule has 3 N–H and O–H groups in total. The zero-order chi connectivity index (χ0) is 14.6. The molecule has 0 radical (unpaired) electrons. The molecule has 2 saturated carbocycles. The molecule has 0 unspecified atom stereocenters. The van der Waals surface area contributed by atoms with E-state index in [4.69, 9.17) is 4.74 Å². The molecule has 0 spiro atoms. The van der Waals surface area contributed by atoms with Crippen molar-refractivity contribution >= 4 is 6.09 Å². The number of ether oxygens (including phenoxy) is 1. The minimum absolute atomic E-state index is 0.0115. The van der Waals surface area contributed by atoms with Crippen LogP contribution in [-0.2, 0) is 4.74 Å². The van der Waals surface area contributed by atoms with Crippen LogP contribution in [0.4, 0.5) is 4.79 Å². The number of carbonyl (C=O) groups excluding carboxylic acids is 1. The summed E-state index contributed by atoms with van der Waals surface area (Å²) in [6.07, 6.45) is -0.773. The van der Waals surface area contributed by atoms with E-state index >= 15 is 0 Å².